The Hall–Kier alpha value is -0.610. The topological polar surface area (TPSA) is 52.6 Å². The molecule has 4 heteroatoms. The number of likely N-dealkylation sites (N-methyl/N-ethyl adjacent to an activating group) is 1. The lowest BCUT2D eigenvalue weighted by Gasteiger charge is -2.26. The fraction of sp³-hybridized carbons (Fsp3) is 0.909. The molecule has 0 bridgehead atoms. The highest BCUT2D eigenvalue weighted by Gasteiger charge is 2.19. The fourth-order valence-corrected chi connectivity index (χ4v) is 2.05. The Balaban J connectivity index is 2.31. The number of hydrogen-bond acceptors (Lipinski definition) is 3. The largest absolute Gasteiger partial charge is 0.395 e. The van der Waals surface area contributed by atoms with Gasteiger partial charge in [0.1, 0.15) is 0 Å². The number of amides is 1. The van der Waals surface area contributed by atoms with Crippen molar-refractivity contribution in [1.29, 1.82) is 0 Å². The number of nitrogens with zero attached hydrogens (tertiary/aromatic N) is 1. The molecule has 0 saturated carbocycles. The monoisotopic (exact) mass is 214 g/mol. The van der Waals surface area contributed by atoms with Gasteiger partial charge in [0.25, 0.3) is 0 Å². The van der Waals surface area contributed by atoms with E-state index in [-0.39, 0.29) is 12.5 Å². The summed E-state index contributed by atoms with van der Waals surface area (Å²) in [6, 6.07) is 0. The van der Waals surface area contributed by atoms with Crippen molar-refractivity contribution in [2.45, 2.75) is 26.2 Å². The number of carbonyl (C=O) groups excluding carboxylic acids is 1. The first kappa shape index (κ1) is 12.5. The maximum absolute atomic E-state index is 11.8. The molecular weight excluding hydrogens is 192 g/mol. The molecule has 1 aliphatic rings. The molecule has 1 heterocycles. The maximum Gasteiger partial charge on any atom is 0.222 e. The molecule has 1 rings (SSSR count). The molecule has 0 spiro atoms. The summed E-state index contributed by atoms with van der Waals surface area (Å²) < 4.78 is 0. The van der Waals surface area contributed by atoms with E-state index in [2.05, 4.69) is 5.32 Å². The van der Waals surface area contributed by atoms with Gasteiger partial charge in [-0.1, -0.05) is 0 Å². The Kier molecular flexibility index (Phi) is 5.65. The third-order valence-corrected chi connectivity index (χ3v) is 2.97. The zero-order valence-electron chi connectivity index (χ0n) is 9.54. The molecule has 1 aliphatic heterocycles. The third kappa shape index (κ3) is 4.18. The summed E-state index contributed by atoms with van der Waals surface area (Å²) in [5, 5.41) is 12.1. The summed E-state index contributed by atoms with van der Waals surface area (Å²) in [7, 11) is 0. The molecule has 15 heavy (non-hydrogen) atoms. The Labute approximate surface area is 91.6 Å². The lowest BCUT2D eigenvalue weighted by molar-refractivity contribution is -0.132. The first-order chi connectivity index (χ1) is 7.27. The normalized spacial score (nSPS) is 21.3. The second-order valence-corrected chi connectivity index (χ2v) is 4.11. The molecule has 1 saturated heterocycles. The van der Waals surface area contributed by atoms with Gasteiger partial charge in [-0.25, -0.2) is 0 Å². The number of nitrogens with one attached hydrogen (secondary N) is 1. The number of rotatable bonds is 5. The first-order valence-corrected chi connectivity index (χ1v) is 5.87. The van der Waals surface area contributed by atoms with Crippen LogP contribution in [0.25, 0.3) is 0 Å². The zero-order valence-corrected chi connectivity index (χ0v) is 9.54. The van der Waals surface area contributed by atoms with Crippen molar-refractivity contribution >= 4 is 5.91 Å². The molecular formula is C11H22N2O2. The predicted molar refractivity (Wildman–Crippen MR) is 59.6 cm³/mol. The standard InChI is InChI=1S/C11H22N2O2/c1-2-13(6-7-14)11(15)8-10-4-3-5-12-9-10/h10,12,14H,2-9H2,1H3. The summed E-state index contributed by atoms with van der Waals surface area (Å²) in [6.45, 7) is 5.21. The van der Waals surface area contributed by atoms with Crippen LogP contribution in [0, 0.1) is 5.92 Å². The van der Waals surface area contributed by atoms with Crippen LogP contribution >= 0.6 is 0 Å². The minimum atomic E-state index is 0.0580. The molecule has 0 radical (unpaired) electrons. The van der Waals surface area contributed by atoms with Crippen LogP contribution in [0.2, 0.25) is 0 Å². The Morgan fingerprint density at radius 2 is 2.40 bits per heavy atom. The van der Waals surface area contributed by atoms with E-state index in [4.69, 9.17) is 5.11 Å². The van der Waals surface area contributed by atoms with Crippen LogP contribution < -0.4 is 5.32 Å². The maximum atomic E-state index is 11.8. The van der Waals surface area contributed by atoms with E-state index in [1.807, 2.05) is 6.92 Å². The molecule has 0 aliphatic carbocycles. The summed E-state index contributed by atoms with van der Waals surface area (Å²) in [5.41, 5.74) is 0. The van der Waals surface area contributed by atoms with Crippen LogP contribution in [-0.4, -0.2) is 48.7 Å². The third-order valence-electron chi connectivity index (χ3n) is 2.97. The van der Waals surface area contributed by atoms with Crippen LogP contribution in [0.4, 0.5) is 0 Å². The average Bonchev–Trinajstić information content (AvgIpc) is 2.27. The van der Waals surface area contributed by atoms with Crippen molar-refractivity contribution in [2.75, 3.05) is 32.8 Å². The lowest BCUT2D eigenvalue weighted by Crippen LogP contribution is -2.37. The number of aliphatic hydroxyl groups excluding tert-OH is 1. The molecule has 1 atom stereocenters. The van der Waals surface area contributed by atoms with Gasteiger partial charge in [-0.15, -0.1) is 0 Å². The summed E-state index contributed by atoms with van der Waals surface area (Å²) >= 11 is 0. The predicted octanol–water partition coefficient (Wildman–Crippen LogP) is 0.217. The Morgan fingerprint density at radius 1 is 1.60 bits per heavy atom. The number of aliphatic hydroxyl groups is 1. The molecule has 4 nitrogen and oxygen atoms in total. The molecule has 1 amide bonds. The van der Waals surface area contributed by atoms with Gasteiger partial charge in [0, 0.05) is 19.5 Å². The van der Waals surface area contributed by atoms with Crippen LogP contribution in [0.1, 0.15) is 26.2 Å². The highest BCUT2D eigenvalue weighted by atomic mass is 16.3. The average molecular weight is 214 g/mol. The smallest absolute Gasteiger partial charge is 0.222 e. The van der Waals surface area contributed by atoms with Crippen molar-refractivity contribution in [3.8, 4) is 0 Å². The molecule has 0 aromatic carbocycles. The van der Waals surface area contributed by atoms with Gasteiger partial charge in [0.15, 0.2) is 0 Å². The minimum absolute atomic E-state index is 0.0580. The number of hydrogen-bond donors (Lipinski definition) is 2. The van der Waals surface area contributed by atoms with E-state index < -0.39 is 0 Å². The first-order valence-electron chi connectivity index (χ1n) is 5.87. The number of piperidine rings is 1. The van der Waals surface area contributed by atoms with Crippen molar-refractivity contribution in [2.24, 2.45) is 5.92 Å². The zero-order chi connectivity index (χ0) is 11.1. The SMILES string of the molecule is CCN(CCO)C(=O)CC1CCCNC1. The van der Waals surface area contributed by atoms with Crippen LogP contribution in [0.5, 0.6) is 0 Å². The van der Waals surface area contributed by atoms with E-state index >= 15 is 0 Å². The molecule has 88 valence electrons. The van der Waals surface area contributed by atoms with Crippen molar-refractivity contribution < 1.29 is 9.90 Å². The fourth-order valence-electron chi connectivity index (χ4n) is 2.05. The van der Waals surface area contributed by atoms with Crippen molar-refractivity contribution in [1.82, 2.24) is 10.2 Å². The van der Waals surface area contributed by atoms with E-state index in [0.717, 1.165) is 19.5 Å². The highest BCUT2D eigenvalue weighted by Crippen LogP contribution is 2.15. The molecule has 0 aromatic heterocycles. The number of carbonyl (C=O) groups is 1. The second kappa shape index (κ2) is 6.80. The van der Waals surface area contributed by atoms with Gasteiger partial charge >= 0.3 is 0 Å². The van der Waals surface area contributed by atoms with Crippen LogP contribution in [0.15, 0.2) is 0 Å². The second-order valence-electron chi connectivity index (χ2n) is 4.11. The van der Waals surface area contributed by atoms with Gasteiger partial charge in [-0.2, -0.15) is 0 Å². The highest BCUT2D eigenvalue weighted by molar-refractivity contribution is 5.76. The van der Waals surface area contributed by atoms with E-state index in [9.17, 15) is 4.79 Å². The molecule has 1 unspecified atom stereocenters. The summed E-state index contributed by atoms with van der Waals surface area (Å²) in [5.74, 6) is 0.666. The van der Waals surface area contributed by atoms with E-state index in [0.29, 0.717) is 25.4 Å². The van der Waals surface area contributed by atoms with Crippen molar-refractivity contribution in [3.63, 3.8) is 0 Å². The Morgan fingerprint density at radius 3 is 2.93 bits per heavy atom. The van der Waals surface area contributed by atoms with Crippen LogP contribution in [0.3, 0.4) is 0 Å². The van der Waals surface area contributed by atoms with Crippen molar-refractivity contribution in [3.05, 3.63) is 0 Å². The molecule has 2 N–H and O–H groups in total. The van der Waals surface area contributed by atoms with Gasteiger partial charge in [-0.05, 0) is 38.8 Å². The summed E-state index contributed by atoms with van der Waals surface area (Å²) in [6.07, 6.45) is 2.94. The van der Waals surface area contributed by atoms with Gasteiger partial charge in [0.2, 0.25) is 5.91 Å². The van der Waals surface area contributed by atoms with E-state index in [1.54, 1.807) is 4.90 Å². The Bertz CT molecular complexity index is 191. The van der Waals surface area contributed by atoms with Gasteiger partial charge in [0.05, 0.1) is 6.61 Å². The quantitative estimate of drug-likeness (QED) is 0.688. The lowest BCUT2D eigenvalue weighted by atomic mass is 9.95. The molecule has 1 fully saturated rings. The summed E-state index contributed by atoms with van der Waals surface area (Å²) in [4.78, 5) is 13.6. The molecule has 0 aromatic rings. The van der Waals surface area contributed by atoms with E-state index in [1.165, 1.54) is 6.42 Å². The van der Waals surface area contributed by atoms with Crippen LogP contribution in [-0.2, 0) is 4.79 Å². The van der Waals surface area contributed by atoms with Gasteiger partial charge < -0.3 is 15.3 Å². The minimum Gasteiger partial charge on any atom is -0.395 e. The van der Waals surface area contributed by atoms with Gasteiger partial charge in [-0.3, -0.25) is 4.79 Å².